The van der Waals surface area contributed by atoms with Crippen LogP contribution in [0.1, 0.15) is 24.2 Å². The first-order chi connectivity index (χ1) is 12.3. The number of piperidine rings is 1. The highest BCUT2D eigenvalue weighted by atomic mass is 79.9. The summed E-state index contributed by atoms with van der Waals surface area (Å²) in [5.41, 5.74) is 1.74. The van der Waals surface area contributed by atoms with Crippen LogP contribution < -0.4 is 5.32 Å². The summed E-state index contributed by atoms with van der Waals surface area (Å²) in [6.07, 6.45) is 0.995. The SMILES string of the molecule is Cc1n[nH]c(C)c1S(=O)(=O)N1CCC(C(=O)Nc2ccc(Br)cc2)CC1. The van der Waals surface area contributed by atoms with Gasteiger partial charge in [0.2, 0.25) is 15.9 Å². The molecule has 1 aromatic heterocycles. The predicted molar refractivity (Wildman–Crippen MR) is 102 cm³/mol. The number of aryl methyl sites for hydroxylation is 2. The second-order valence-electron chi connectivity index (χ2n) is 6.44. The van der Waals surface area contributed by atoms with Crippen LogP contribution in [0.3, 0.4) is 0 Å². The van der Waals surface area contributed by atoms with E-state index in [2.05, 4.69) is 31.4 Å². The molecule has 26 heavy (non-hydrogen) atoms. The third-order valence-electron chi connectivity index (χ3n) is 4.59. The fraction of sp³-hybridized carbons (Fsp3) is 0.412. The van der Waals surface area contributed by atoms with E-state index in [-0.39, 0.29) is 16.7 Å². The van der Waals surface area contributed by atoms with Crippen molar-refractivity contribution in [3.63, 3.8) is 0 Å². The van der Waals surface area contributed by atoms with Gasteiger partial charge in [-0.1, -0.05) is 15.9 Å². The smallest absolute Gasteiger partial charge is 0.246 e. The number of anilines is 1. The molecule has 2 N–H and O–H groups in total. The lowest BCUT2D eigenvalue weighted by molar-refractivity contribution is -0.120. The number of aromatic amines is 1. The molecule has 1 amide bonds. The highest BCUT2D eigenvalue weighted by Crippen LogP contribution is 2.27. The molecule has 2 heterocycles. The molecule has 1 saturated heterocycles. The van der Waals surface area contributed by atoms with Gasteiger partial charge in [0, 0.05) is 29.2 Å². The van der Waals surface area contributed by atoms with Gasteiger partial charge in [-0.25, -0.2) is 8.42 Å². The van der Waals surface area contributed by atoms with Crippen LogP contribution in [0.2, 0.25) is 0 Å². The highest BCUT2D eigenvalue weighted by molar-refractivity contribution is 9.10. The van der Waals surface area contributed by atoms with Crippen LogP contribution in [-0.4, -0.2) is 41.9 Å². The summed E-state index contributed by atoms with van der Waals surface area (Å²) in [6.45, 7) is 4.02. The third kappa shape index (κ3) is 3.84. The molecule has 0 aliphatic carbocycles. The maximum atomic E-state index is 12.9. The lowest BCUT2D eigenvalue weighted by atomic mass is 9.97. The highest BCUT2D eigenvalue weighted by Gasteiger charge is 2.34. The van der Waals surface area contributed by atoms with Crippen molar-refractivity contribution in [3.05, 3.63) is 40.1 Å². The summed E-state index contributed by atoms with van der Waals surface area (Å²) >= 11 is 3.36. The standard InChI is InChI=1S/C17H21BrN4O3S/c1-11-16(12(2)21-20-11)26(24,25)22-9-7-13(8-10-22)17(23)19-15-5-3-14(18)4-6-15/h3-6,13H,7-10H2,1-2H3,(H,19,23)(H,20,21). The number of H-pyrrole nitrogens is 1. The number of rotatable bonds is 4. The van der Waals surface area contributed by atoms with Gasteiger partial charge in [0.05, 0.1) is 11.4 Å². The Morgan fingerprint density at radius 3 is 2.38 bits per heavy atom. The van der Waals surface area contributed by atoms with E-state index in [1.165, 1.54) is 4.31 Å². The van der Waals surface area contributed by atoms with Crippen LogP contribution in [0, 0.1) is 19.8 Å². The molecule has 2 aromatic rings. The van der Waals surface area contributed by atoms with Crippen molar-refractivity contribution in [2.75, 3.05) is 18.4 Å². The average molecular weight is 441 g/mol. The number of hydrogen-bond acceptors (Lipinski definition) is 4. The molecule has 1 fully saturated rings. The van der Waals surface area contributed by atoms with E-state index in [0.29, 0.717) is 37.3 Å². The van der Waals surface area contributed by atoms with Gasteiger partial charge in [-0.2, -0.15) is 9.40 Å². The van der Waals surface area contributed by atoms with Crippen LogP contribution in [0.4, 0.5) is 5.69 Å². The number of hydrogen-bond donors (Lipinski definition) is 2. The first-order valence-corrected chi connectivity index (χ1v) is 10.6. The number of nitrogens with zero attached hydrogens (tertiary/aromatic N) is 2. The van der Waals surface area contributed by atoms with Crippen molar-refractivity contribution < 1.29 is 13.2 Å². The van der Waals surface area contributed by atoms with Crippen molar-refractivity contribution in [2.45, 2.75) is 31.6 Å². The molecule has 9 heteroatoms. The molecule has 0 unspecified atom stereocenters. The number of aromatic nitrogens is 2. The number of amides is 1. The molecule has 3 rings (SSSR count). The van der Waals surface area contributed by atoms with E-state index in [9.17, 15) is 13.2 Å². The van der Waals surface area contributed by atoms with Crippen molar-refractivity contribution in [1.29, 1.82) is 0 Å². The molecule has 140 valence electrons. The zero-order valence-corrected chi connectivity index (χ0v) is 17.0. The molecule has 1 aliphatic heterocycles. The average Bonchev–Trinajstić information content (AvgIpc) is 2.96. The molecule has 0 spiro atoms. The van der Waals surface area contributed by atoms with Crippen molar-refractivity contribution in [3.8, 4) is 0 Å². The van der Waals surface area contributed by atoms with Crippen LogP contribution in [0.15, 0.2) is 33.6 Å². The fourth-order valence-corrected chi connectivity index (χ4v) is 5.25. The lowest BCUT2D eigenvalue weighted by Crippen LogP contribution is -2.41. The Hall–Kier alpha value is -1.71. The van der Waals surface area contributed by atoms with Crippen molar-refractivity contribution in [2.24, 2.45) is 5.92 Å². The zero-order chi connectivity index (χ0) is 18.9. The number of sulfonamides is 1. The van der Waals surface area contributed by atoms with E-state index in [1.54, 1.807) is 13.8 Å². The summed E-state index contributed by atoms with van der Waals surface area (Å²) in [4.78, 5) is 12.7. The largest absolute Gasteiger partial charge is 0.326 e. The Morgan fingerprint density at radius 1 is 1.23 bits per heavy atom. The normalized spacial score (nSPS) is 16.6. The zero-order valence-electron chi connectivity index (χ0n) is 14.6. The Balaban J connectivity index is 1.63. The van der Waals surface area contributed by atoms with E-state index >= 15 is 0 Å². The number of carbonyl (C=O) groups excluding carboxylic acids is 1. The minimum absolute atomic E-state index is 0.0694. The second kappa shape index (κ2) is 7.50. The Kier molecular flexibility index (Phi) is 5.50. The van der Waals surface area contributed by atoms with Gasteiger partial charge in [0.25, 0.3) is 0 Å². The van der Waals surface area contributed by atoms with Gasteiger partial charge in [-0.3, -0.25) is 9.89 Å². The van der Waals surface area contributed by atoms with Gasteiger partial charge >= 0.3 is 0 Å². The van der Waals surface area contributed by atoms with Crippen molar-refractivity contribution in [1.82, 2.24) is 14.5 Å². The van der Waals surface area contributed by atoms with Crippen LogP contribution in [0.5, 0.6) is 0 Å². The summed E-state index contributed by atoms with van der Waals surface area (Å²) in [7, 11) is -3.59. The molecule has 0 saturated carbocycles. The van der Waals surface area contributed by atoms with Gasteiger partial charge in [-0.15, -0.1) is 0 Å². The fourth-order valence-electron chi connectivity index (χ4n) is 3.19. The summed E-state index contributed by atoms with van der Waals surface area (Å²) in [5.74, 6) is -0.267. The molecular formula is C17H21BrN4O3S. The third-order valence-corrected chi connectivity index (χ3v) is 7.29. The Labute approximate surface area is 161 Å². The number of benzene rings is 1. The van der Waals surface area contributed by atoms with E-state index in [1.807, 2.05) is 24.3 Å². The maximum Gasteiger partial charge on any atom is 0.246 e. The summed E-state index contributed by atoms with van der Waals surface area (Å²) in [6, 6.07) is 7.37. The molecule has 0 atom stereocenters. The van der Waals surface area contributed by atoms with Gasteiger partial charge in [0.1, 0.15) is 4.90 Å². The first-order valence-electron chi connectivity index (χ1n) is 8.37. The molecule has 1 aromatic carbocycles. The molecule has 0 bridgehead atoms. The Bertz CT molecular complexity index is 881. The van der Waals surface area contributed by atoms with E-state index < -0.39 is 10.0 Å². The monoisotopic (exact) mass is 440 g/mol. The topological polar surface area (TPSA) is 95.2 Å². The number of nitrogens with one attached hydrogen (secondary N) is 2. The lowest BCUT2D eigenvalue weighted by Gasteiger charge is -2.30. The quantitative estimate of drug-likeness (QED) is 0.763. The number of halogens is 1. The molecule has 0 radical (unpaired) electrons. The van der Waals surface area contributed by atoms with Crippen molar-refractivity contribution >= 4 is 37.5 Å². The summed E-state index contributed by atoms with van der Waals surface area (Å²) < 4.78 is 28.1. The van der Waals surface area contributed by atoms with E-state index in [4.69, 9.17) is 0 Å². The molecular weight excluding hydrogens is 420 g/mol. The second-order valence-corrected chi connectivity index (χ2v) is 9.23. The minimum Gasteiger partial charge on any atom is -0.326 e. The van der Waals surface area contributed by atoms with Gasteiger partial charge in [0.15, 0.2) is 0 Å². The Morgan fingerprint density at radius 2 is 1.85 bits per heavy atom. The first kappa shape index (κ1) is 19.1. The number of carbonyl (C=O) groups is 1. The molecule has 7 nitrogen and oxygen atoms in total. The van der Waals surface area contributed by atoms with Crippen LogP contribution in [0.25, 0.3) is 0 Å². The van der Waals surface area contributed by atoms with Gasteiger partial charge in [-0.05, 0) is 51.0 Å². The molecule has 1 aliphatic rings. The van der Waals surface area contributed by atoms with Crippen LogP contribution in [-0.2, 0) is 14.8 Å². The summed E-state index contributed by atoms with van der Waals surface area (Å²) in [5, 5.41) is 9.59. The maximum absolute atomic E-state index is 12.9. The van der Waals surface area contributed by atoms with Gasteiger partial charge < -0.3 is 5.32 Å². The van der Waals surface area contributed by atoms with E-state index in [0.717, 1.165) is 10.2 Å². The van der Waals surface area contributed by atoms with Crippen LogP contribution >= 0.6 is 15.9 Å². The minimum atomic E-state index is -3.59. The predicted octanol–water partition coefficient (Wildman–Crippen LogP) is 2.83.